The fraction of sp³-hybridized carbons (Fsp3) is 0. The van der Waals surface area contributed by atoms with Crippen molar-refractivity contribution in [1.82, 2.24) is 4.98 Å². The van der Waals surface area contributed by atoms with Crippen LogP contribution in [0.3, 0.4) is 0 Å². The Balaban J connectivity index is 1.81. The minimum Gasteiger partial charge on any atom is -0.320 e. The summed E-state index contributed by atoms with van der Waals surface area (Å²) < 4.78 is 26.2. The highest BCUT2D eigenvalue weighted by molar-refractivity contribution is 7.93. The number of carbonyl (C=O) groups is 1. The summed E-state index contributed by atoms with van der Waals surface area (Å²) in [6, 6.07) is 18.6. The molecular weight excluding hydrogens is 380 g/mol. The molecule has 134 valence electrons. The summed E-state index contributed by atoms with van der Waals surface area (Å²) in [6.07, 6.45) is 1.57. The van der Waals surface area contributed by atoms with Crippen molar-refractivity contribution in [3.63, 3.8) is 0 Å². The van der Waals surface area contributed by atoms with E-state index in [1.54, 1.807) is 66.2 Å². The Morgan fingerprint density at radius 3 is 2.48 bits per heavy atom. The van der Waals surface area contributed by atoms with E-state index in [0.29, 0.717) is 22.2 Å². The second-order valence-corrected chi connectivity index (χ2v) is 8.86. The summed E-state index contributed by atoms with van der Waals surface area (Å²) in [7, 11) is -3.65. The molecule has 27 heavy (non-hydrogen) atoms. The summed E-state index contributed by atoms with van der Waals surface area (Å²) in [4.78, 5) is 17.0. The number of anilines is 1. The largest absolute Gasteiger partial charge is 0.320 e. The SMILES string of the molecule is O=C(Nc1ccc(S(=O)(=O)c2cccs2)c2cccnc12)c1ccccc1. The standard InChI is InChI=1S/C20H14N2O3S2/c23-20(14-6-2-1-3-7-14)22-16-10-11-17(15-8-4-12-21-19(15)16)27(24,25)18-9-5-13-26-18/h1-13H,(H,22,23). The minimum atomic E-state index is -3.65. The third kappa shape index (κ3) is 3.22. The highest BCUT2D eigenvalue weighted by Crippen LogP contribution is 2.33. The first-order valence-electron chi connectivity index (χ1n) is 8.10. The van der Waals surface area contributed by atoms with Crippen molar-refractivity contribution < 1.29 is 13.2 Å². The number of pyridine rings is 1. The van der Waals surface area contributed by atoms with Gasteiger partial charge in [0.05, 0.1) is 16.1 Å². The maximum atomic E-state index is 13.0. The second kappa shape index (κ2) is 6.94. The van der Waals surface area contributed by atoms with Gasteiger partial charge in [0.25, 0.3) is 5.91 Å². The summed E-state index contributed by atoms with van der Waals surface area (Å²) in [5, 5.41) is 5.01. The number of nitrogens with zero attached hydrogens (tertiary/aromatic N) is 1. The van der Waals surface area contributed by atoms with Crippen LogP contribution < -0.4 is 5.32 Å². The fourth-order valence-corrected chi connectivity index (χ4v) is 5.36. The number of nitrogens with one attached hydrogen (secondary N) is 1. The first-order valence-corrected chi connectivity index (χ1v) is 10.5. The second-order valence-electron chi connectivity index (χ2n) is 5.77. The van der Waals surface area contributed by atoms with Gasteiger partial charge in [0.2, 0.25) is 9.84 Å². The number of aromatic nitrogens is 1. The zero-order valence-corrected chi connectivity index (χ0v) is 15.6. The lowest BCUT2D eigenvalue weighted by Crippen LogP contribution is -2.12. The Morgan fingerprint density at radius 2 is 1.74 bits per heavy atom. The predicted molar refractivity (Wildman–Crippen MR) is 106 cm³/mol. The van der Waals surface area contributed by atoms with Crippen LogP contribution in [-0.4, -0.2) is 19.3 Å². The van der Waals surface area contributed by atoms with E-state index in [2.05, 4.69) is 10.3 Å². The van der Waals surface area contributed by atoms with Crippen LogP contribution in [0.1, 0.15) is 10.4 Å². The van der Waals surface area contributed by atoms with E-state index >= 15 is 0 Å². The molecule has 0 saturated heterocycles. The zero-order valence-electron chi connectivity index (χ0n) is 14.0. The van der Waals surface area contributed by atoms with Crippen LogP contribution in [0.15, 0.2) is 87.4 Å². The number of fused-ring (bicyclic) bond motifs is 1. The van der Waals surface area contributed by atoms with Crippen molar-refractivity contribution in [2.75, 3.05) is 5.32 Å². The highest BCUT2D eigenvalue weighted by Gasteiger charge is 2.23. The topological polar surface area (TPSA) is 76.1 Å². The van der Waals surface area contributed by atoms with Crippen molar-refractivity contribution in [1.29, 1.82) is 0 Å². The van der Waals surface area contributed by atoms with E-state index < -0.39 is 9.84 Å². The number of amides is 1. The molecule has 0 unspecified atom stereocenters. The van der Waals surface area contributed by atoms with E-state index in [1.807, 2.05) is 6.07 Å². The van der Waals surface area contributed by atoms with E-state index in [-0.39, 0.29) is 15.0 Å². The molecule has 1 amide bonds. The Bertz CT molecular complexity index is 1220. The maximum absolute atomic E-state index is 13.0. The van der Waals surface area contributed by atoms with Gasteiger partial charge >= 0.3 is 0 Å². The van der Waals surface area contributed by atoms with E-state index in [4.69, 9.17) is 0 Å². The Morgan fingerprint density at radius 1 is 0.926 bits per heavy atom. The van der Waals surface area contributed by atoms with Gasteiger partial charge in [-0.25, -0.2) is 8.42 Å². The zero-order chi connectivity index (χ0) is 18.9. The number of rotatable bonds is 4. The van der Waals surface area contributed by atoms with Gasteiger partial charge in [-0.15, -0.1) is 11.3 Å². The molecule has 0 aliphatic carbocycles. The minimum absolute atomic E-state index is 0.172. The molecule has 0 atom stereocenters. The molecular formula is C20H14N2O3S2. The number of sulfone groups is 1. The molecule has 0 saturated carbocycles. The van der Waals surface area contributed by atoms with Crippen molar-refractivity contribution >= 4 is 43.7 Å². The van der Waals surface area contributed by atoms with Crippen molar-refractivity contribution in [3.8, 4) is 0 Å². The molecule has 2 heterocycles. The molecule has 2 aromatic heterocycles. The smallest absolute Gasteiger partial charge is 0.255 e. The molecule has 0 fully saturated rings. The van der Waals surface area contributed by atoms with Gasteiger partial charge in [-0.05, 0) is 47.8 Å². The predicted octanol–water partition coefficient (Wildman–Crippen LogP) is 4.38. The third-order valence-corrected chi connectivity index (χ3v) is 7.27. The molecule has 7 heteroatoms. The first kappa shape index (κ1) is 17.4. The molecule has 0 radical (unpaired) electrons. The number of carbonyl (C=O) groups excluding carboxylic acids is 1. The average Bonchev–Trinajstić information content (AvgIpc) is 3.24. The molecule has 0 aliphatic heterocycles. The average molecular weight is 394 g/mol. The number of thiophene rings is 1. The van der Waals surface area contributed by atoms with Crippen LogP contribution in [0.5, 0.6) is 0 Å². The summed E-state index contributed by atoms with van der Waals surface area (Å²) >= 11 is 1.17. The lowest BCUT2D eigenvalue weighted by molar-refractivity contribution is 0.102. The lowest BCUT2D eigenvalue weighted by Gasteiger charge is -2.11. The van der Waals surface area contributed by atoms with E-state index in [9.17, 15) is 13.2 Å². The molecule has 4 aromatic rings. The van der Waals surface area contributed by atoms with Crippen molar-refractivity contribution in [2.24, 2.45) is 0 Å². The molecule has 0 aliphatic rings. The summed E-state index contributed by atoms with van der Waals surface area (Å²) in [5.41, 5.74) is 1.40. The maximum Gasteiger partial charge on any atom is 0.255 e. The van der Waals surface area contributed by atoms with Crippen molar-refractivity contribution in [2.45, 2.75) is 9.10 Å². The lowest BCUT2D eigenvalue weighted by atomic mass is 10.1. The molecule has 2 aromatic carbocycles. The van der Waals surface area contributed by atoms with Gasteiger partial charge in [0, 0.05) is 17.1 Å². The number of hydrogen-bond acceptors (Lipinski definition) is 5. The highest BCUT2D eigenvalue weighted by atomic mass is 32.2. The van der Waals surface area contributed by atoms with Gasteiger partial charge in [-0.2, -0.15) is 0 Å². The number of benzene rings is 2. The van der Waals surface area contributed by atoms with E-state index in [1.165, 1.54) is 17.4 Å². The van der Waals surface area contributed by atoms with Crippen LogP contribution in [0.2, 0.25) is 0 Å². The normalized spacial score (nSPS) is 11.4. The Kier molecular flexibility index (Phi) is 4.47. The van der Waals surface area contributed by atoms with Gasteiger partial charge in [-0.3, -0.25) is 9.78 Å². The van der Waals surface area contributed by atoms with Crippen molar-refractivity contribution in [3.05, 3.63) is 83.9 Å². The first-order chi connectivity index (χ1) is 13.1. The molecule has 1 N–H and O–H groups in total. The van der Waals surface area contributed by atoms with Gasteiger partial charge in [-0.1, -0.05) is 24.3 Å². The monoisotopic (exact) mass is 394 g/mol. The van der Waals surface area contributed by atoms with Gasteiger partial charge < -0.3 is 5.32 Å². The fourth-order valence-electron chi connectivity index (χ4n) is 2.79. The van der Waals surface area contributed by atoms with Crippen LogP contribution in [0.4, 0.5) is 5.69 Å². The van der Waals surface area contributed by atoms with Crippen LogP contribution in [0.25, 0.3) is 10.9 Å². The van der Waals surface area contributed by atoms with Gasteiger partial charge in [0.1, 0.15) is 4.21 Å². The quantitative estimate of drug-likeness (QED) is 0.557. The Hall–Kier alpha value is -3.03. The van der Waals surface area contributed by atoms with E-state index in [0.717, 1.165) is 0 Å². The van der Waals surface area contributed by atoms with Crippen LogP contribution >= 0.6 is 11.3 Å². The number of hydrogen-bond donors (Lipinski definition) is 1. The molecule has 0 spiro atoms. The van der Waals surface area contributed by atoms with Crippen LogP contribution in [0, 0.1) is 0 Å². The molecule has 5 nitrogen and oxygen atoms in total. The van der Waals surface area contributed by atoms with Gasteiger partial charge in [0.15, 0.2) is 0 Å². The molecule has 4 rings (SSSR count). The third-order valence-electron chi connectivity index (χ3n) is 4.06. The molecule has 0 bridgehead atoms. The summed E-state index contributed by atoms with van der Waals surface area (Å²) in [5.74, 6) is -0.281. The van der Waals surface area contributed by atoms with Crippen LogP contribution in [-0.2, 0) is 9.84 Å². The summed E-state index contributed by atoms with van der Waals surface area (Å²) in [6.45, 7) is 0. The Labute approximate surface area is 160 Å².